The number of hydrogen-bond acceptors (Lipinski definition) is 11. The molecule has 0 aliphatic carbocycles. The number of aryl methyl sites for hydroxylation is 1. The first-order valence-electron chi connectivity index (χ1n) is 28.0. The predicted octanol–water partition coefficient (Wildman–Crippen LogP) is 11.8. The molecule has 6 aromatic carbocycles. The molecule has 4 aliphatic heterocycles. The van der Waals surface area contributed by atoms with Crippen molar-refractivity contribution in [2.75, 3.05) is 65.7 Å². The van der Waals surface area contributed by atoms with Gasteiger partial charge in [-0.2, -0.15) is 17.6 Å². The van der Waals surface area contributed by atoms with Gasteiger partial charge in [-0.3, -0.25) is 4.79 Å². The van der Waals surface area contributed by atoms with Gasteiger partial charge in [-0.1, -0.05) is 101 Å². The van der Waals surface area contributed by atoms with Crippen LogP contribution in [-0.4, -0.2) is 138 Å². The second-order valence-electron chi connectivity index (χ2n) is 21.5. The summed E-state index contributed by atoms with van der Waals surface area (Å²) < 4.78 is 79.6. The number of nitrogens with one attached hydrogen (secondary N) is 1. The number of aliphatic hydroxyl groups is 2. The lowest BCUT2D eigenvalue weighted by molar-refractivity contribution is -0.166. The third-order valence-electron chi connectivity index (χ3n) is 15.3. The number of carbonyl (C=O) groups is 2. The summed E-state index contributed by atoms with van der Waals surface area (Å²) in [5, 5.41) is 37.7. The smallest absolute Gasteiger partial charge is 0.379 e. The van der Waals surface area contributed by atoms with Crippen molar-refractivity contribution in [3.05, 3.63) is 152 Å². The first-order chi connectivity index (χ1) is 39.7. The van der Waals surface area contributed by atoms with Crippen LogP contribution in [0.3, 0.4) is 0 Å². The van der Waals surface area contributed by atoms with E-state index in [9.17, 15) is 28.6 Å². The summed E-state index contributed by atoms with van der Waals surface area (Å²) in [6, 6.07) is 28.4. The van der Waals surface area contributed by atoms with Gasteiger partial charge in [0.1, 0.15) is 29.8 Å². The number of carboxylic acid groups (broad SMARTS) is 1. The van der Waals surface area contributed by atoms with Crippen molar-refractivity contribution >= 4 is 79.8 Å². The minimum Gasteiger partial charge on any atom is -0.489 e. The summed E-state index contributed by atoms with van der Waals surface area (Å²) in [6.07, 6.45) is 5.19. The van der Waals surface area contributed by atoms with Crippen LogP contribution in [0.2, 0.25) is 20.1 Å². The van der Waals surface area contributed by atoms with Gasteiger partial charge in [0.05, 0.1) is 48.6 Å². The topological polar surface area (TPSA) is 208 Å². The number of halogens is 8. The number of alkyl halides is 4. The molecule has 4 saturated heterocycles. The van der Waals surface area contributed by atoms with Crippen LogP contribution < -0.4 is 20.5 Å². The average Bonchev–Trinajstić information content (AvgIpc) is 4.36. The van der Waals surface area contributed by atoms with E-state index in [-0.39, 0.29) is 36.7 Å². The van der Waals surface area contributed by atoms with Crippen LogP contribution in [0, 0.1) is 0 Å². The summed E-state index contributed by atoms with van der Waals surface area (Å²) in [6.45, 7) is 7.35. The van der Waals surface area contributed by atoms with E-state index in [1.807, 2.05) is 36.4 Å². The first-order valence-corrected chi connectivity index (χ1v) is 29.6. The van der Waals surface area contributed by atoms with Crippen LogP contribution in [0.4, 0.5) is 17.6 Å². The third kappa shape index (κ3) is 18.5. The largest absolute Gasteiger partial charge is 0.489 e. The van der Waals surface area contributed by atoms with E-state index in [1.54, 1.807) is 54.6 Å². The number of rotatable bonds is 19. The number of amides is 1. The van der Waals surface area contributed by atoms with E-state index in [0.717, 1.165) is 106 Å². The lowest BCUT2D eigenvalue weighted by Crippen LogP contribution is -2.51. The lowest BCUT2D eigenvalue weighted by Gasteiger charge is -2.30. The zero-order chi connectivity index (χ0) is 59.3. The number of hydrogen-bond donors (Lipinski definition) is 5. The van der Waals surface area contributed by atoms with Gasteiger partial charge in [-0.15, -0.1) is 0 Å². The fourth-order valence-electron chi connectivity index (χ4n) is 10.5. The van der Waals surface area contributed by atoms with Crippen LogP contribution >= 0.6 is 46.4 Å². The minimum absolute atomic E-state index is 0. The van der Waals surface area contributed by atoms with E-state index in [0.29, 0.717) is 73.2 Å². The molecule has 4 heterocycles. The Labute approximate surface area is 506 Å². The molecule has 4 fully saturated rings. The predicted molar refractivity (Wildman–Crippen MR) is 319 cm³/mol. The van der Waals surface area contributed by atoms with Gasteiger partial charge < -0.3 is 60.6 Å². The third-order valence-corrected chi connectivity index (χ3v) is 16.4. The van der Waals surface area contributed by atoms with Crippen molar-refractivity contribution in [2.24, 2.45) is 5.73 Å². The van der Waals surface area contributed by atoms with Gasteiger partial charge in [-0.25, -0.2) is 4.79 Å². The standard InChI is InChI=1S/C32H36Cl2F2N2O4.C18H27ClN2O3.C12H7ClF2O2.H2O/c33-25-7-5-22-17-21(3-4-23(22)18-25)9-12-32(35,36)31(40)37-28(20-38-13-1-2-14-38)30(39)24-6-8-29(27(34)19-24)42-26-10-15-41-16-11-26;19-15-11-13(18(22)16(20)12-21-7-1-2-8-21)3-4-17(15)24-14-5-9-23-10-6-14;13-10-4-2-7-5-9(3-1-8(7)6-10)12(14,15)11(16)17;/h3-8,17-19,26,28,30,39H,1-2,9-16,20H2,(H,37,40);3-4,11,14,16,18,22H,1-2,5-10,12,20H2;1-6H,(H,16,17);1H2/t28-,30-;16-,18-;;/m11../s1. The molecule has 0 saturated carbocycles. The van der Waals surface area contributed by atoms with Crippen LogP contribution in [0.25, 0.3) is 21.5 Å². The molecule has 8 N–H and O–H groups in total. The van der Waals surface area contributed by atoms with Gasteiger partial charge in [0.2, 0.25) is 0 Å². The Morgan fingerprint density at radius 2 is 1.07 bits per heavy atom. The molecule has 4 aliphatic rings. The Morgan fingerprint density at radius 1 is 0.619 bits per heavy atom. The second-order valence-corrected chi connectivity index (χ2v) is 23.2. The number of carbonyl (C=O) groups excluding carboxylic acids is 1. The summed E-state index contributed by atoms with van der Waals surface area (Å²) in [7, 11) is 0. The average molecular weight is 1250 g/mol. The lowest BCUT2D eigenvalue weighted by atomic mass is 9.99. The van der Waals surface area contributed by atoms with Crippen molar-refractivity contribution < 1.29 is 66.9 Å². The Bertz CT molecular complexity index is 3130. The van der Waals surface area contributed by atoms with E-state index in [4.69, 9.17) is 76.2 Å². The maximum atomic E-state index is 15.2. The van der Waals surface area contributed by atoms with Crippen molar-refractivity contribution in [1.29, 1.82) is 0 Å². The number of aliphatic carboxylic acids is 1. The van der Waals surface area contributed by atoms with Crippen LogP contribution in [0.1, 0.15) is 92.2 Å². The number of fused-ring (bicyclic) bond motifs is 2. The van der Waals surface area contributed by atoms with Crippen LogP contribution in [-0.2, 0) is 31.4 Å². The maximum Gasteiger partial charge on any atom is 0.379 e. The summed E-state index contributed by atoms with van der Waals surface area (Å²) in [4.78, 5) is 27.7. The van der Waals surface area contributed by atoms with Crippen molar-refractivity contribution in [1.82, 2.24) is 15.1 Å². The van der Waals surface area contributed by atoms with Gasteiger partial charge in [0.25, 0.3) is 5.91 Å². The Balaban J connectivity index is 0.000000202. The number of aliphatic hydroxyl groups excluding tert-OH is 2. The highest BCUT2D eigenvalue weighted by Crippen LogP contribution is 2.35. The summed E-state index contributed by atoms with van der Waals surface area (Å²) in [5.74, 6) is -9.92. The van der Waals surface area contributed by atoms with E-state index < -0.39 is 54.0 Å². The number of benzene rings is 6. The number of ether oxygens (including phenoxy) is 4. The number of nitrogens with zero attached hydrogens (tertiary/aromatic N) is 2. The molecule has 0 spiro atoms. The van der Waals surface area contributed by atoms with Crippen molar-refractivity contribution in [3.63, 3.8) is 0 Å². The van der Waals surface area contributed by atoms with Gasteiger partial charge >= 0.3 is 17.8 Å². The summed E-state index contributed by atoms with van der Waals surface area (Å²) in [5.41, 5.74) is 7.50. The Kier molecular flexibility index (Phi) is 24.6. The molecule has 0 radical (unpaired) electrons. The van der Waals surface area contributed by atoms with Crippen molar-refractivity contribution in [2.45, 2.75) is 113 Å². The van der Waals surface area contributed by atoms with Crippen molar-refractivity contribution in [3.8, 4) is 11.5 Å². The molecule has 1 amide bonds. The fraction of sp³-hybridized carbons (Fsp3) is 0.452. The molecule has 0 bridgehead atoms. The van der Waals surface area contributed by atoms with Crippen LogP contribution in [0.15, 0.2) is 109 Å². The number of carboxylic acids is 1. The molecule has 0 aromatic heterocycles. The highest BCUT2D eigenvalue weighted by molar-refractivity contribution is 6.32. The Hall–Kier alpha value is -5.06. The zero-order valence-corrected chi connectivity index (χ0v) is 49.3. The SMILES string of the molecule is N[C@H](CN1CCCC1)[C@H](O)c1ccc(OC2CCOCC2)c(Cl)c1.O.O=C(N[C@H](CN1CCCC1)[C@H](O)c1ccc(OC2CCOCC2)c(Cl)c1)C(F)(F)CCc1ccc2cc(Cl)ccc2c1.O=C(O)C(F)(F)c1ccc2cc(Cl)ccc2c1. The fourth-order valence-corrected chi connectivity index (χ4v) is 11.3. The zero-order valence-electron chi connectivity index (χ0n) is 46.3. The van der Waals surface area contributed by atoms with E-state index >= 15 is 8.78 Å². The Morgan fingerprint density at radius 3 is 1.57 bits per heavy atom. The molecule has 6 aromatic rings. The van der Waals surface area contributed by atoms with E-state index in [2.05, 4.69) is 15.1 Å². The van der Waals surface area contributed by atoms with E-state index in [1.165, 1.54) is 18.9 Å². The highest BCUT2D eigenvalue weighted by Gasteiger charge is 2.42. The molecular weight excluding hydrogens is 1180 g/mol. The van der Waals surface area contributed by atoms with Gasteiger partial charge in [-0.05, 0) is 151 Å². The molecule has 0 unspecified atom stereocenters. The number of likely N-dealkylation sites (tertiary alicyclic amines) is 2. The minimum atomic E-state index is -3.88. The molecule has 456 valence electrons. The highest BCUT2D eigenvalue weighted by atomic mass is 35.5. The van der Waals surface area contributed by atoms with Gasteiger partial charge in [0.15, 0.2) is 0 Å². The molecule has 22 heteroatoms. The van der Waals surface area contributed by atoms with Gasteiger partial charge in [0, 0.05) is 66.8 Å². The maximum absolute atomic E-state index is 15.2. The monoisotopic (exact) mass is 1250 g/mol. The normalized spacial score (nSPS) is 17.9. The molecular formula is C62H72Cl4F4N4O10. The number of nitrogens with two attached hydrogens (primary N) is 1. The molecule has 84 heavy (non-hydrogen) atoms. The molecule has 4 atom stereocenters. The molecule has 10 rings (SSSR count). The summed E-state index contributed by atoms with van der Waals surface area (Å²) >= 11 is 24.6. The first kappa shape index (κ1) is 66.5. The quantitative estimate of drug-likeness (QED) is 0.0480. The second kappa shape index (κ2) is 31.0. The van der Waals surface area contributed by atoms with Crippen LogP contribution in [0.5, 0.6) is 11.5 Å². The molecule has 14 nitrogen and oxygen atoms in total.